The van der Waals surface area contributed by atoms with Gasteiger partial charge in [0, 0.05) is 24.0 Å². The number of anilines is 2. The van der Waals surface area contributed by atoms with E-state index in [1.165, 1.54) is 11.1 Å². The van der Waals surface area contributed by atoms with Gasteiger partial charge < -0.3 is 11.1 Å². The van der Waals surface area contributed by atoms with Gasteiger partial charge in [-0.2, -0.15) is 0 Å². The highest BCUT2D eigenvalue weighted by molar-refractivity contribution is 6.01. The molecule has 32 heavy (non-hydrogen) atoms. The van der Waals surface area contributed by atoms with Crippen molar-refractivity contribution in [1.29, 1.82) is 0 Å². The van der Waals surface area contributed by atoms with Crippen molar-refractivity contribution in [2.24, 2.45) is 11.7 Å². The summed E-state index contributed by atoms with van der Waals surface area (Å²) in [6.45, 7) is 6.90. The molecule has 2 amide bonds. The normalized spacial score (nSPS) is 12.8. The Morgan fingerprint density at radius 3 is 2.06 bits per heavy atom. The Labute approximate surface area is 192 Å². The average molecular weight is 430 g/mol. The summed E-state index contributed by atoms with van der Waals surface area (Å²) in [5, 5.41) is 3.00. The summed E-state index contributed by atoms with van der Waals surface area (Å²) in [5.74, 6) is 0.322. The van der Waals surface area contributed by atoms with Gasteiger partial charge in [0.1, 0.15) is 0 Å². The molecule has 0 aliphatic carbocycles. The van der Waals surface area contributed by atoms with E-state index < -0.39 is 0 Å². The molecule has 4 nitrogen and oxygen atoms in total. The van der Waals surface area contributed by atoms with Crippen LogP contribution in [0.5, 0.6) is 0 Å². The summed E-state index contributed by atoms with van der Waals surface area (Å²) >= 11 is 0. The Morgan fingerprint density at radius 1 is 0.906 bits per heavy atom. The van der Waals surface area contributed by atoms with Gasteiger partial charge in [-0.3, -0.25) is 4.90 Å². The molecule has 0 aliphatic rings. The number of nitrogens with two attached hydrogens (primary N) is 1. The fraction of sp³-hybridized carbons (Fsp3) is 0.321. The SMILES string of the molecule is CCCc1ccc(-c2ccc(N(C[C@@H](N)[C@@H](C)CC)C(=O)Nc3ccccc3)cc2)cc1. The number of hydrogen-bond acceptors (Lipinski definition) is 2. The lowest BCUT2D eigenvalue weighted by Gasteiger charge is -2.29. The van der Waals surface area contributed by atoms with Crippen molar-refractivity contribution in [2.45, 2.75) is 46.1 Å². The molecule has 0 saturated heterocycles. The van der Waals surface area contributed by atoms with E-state index in [0.29, 0.717) is 12.5 Å². The minimum atomic E-state index is -0.174. The van der Waals surface area contributed by atoms with E-state index in [1.807, 2.05) is 42.5 Å². The van der Waals surface area contributed by atoms with Crippen LogP contribution in [-0.4, -0.2) is 18.6 Å². The molecule has 0 spiro atoms. The van der Waals surface area contributed by atoms with Gasteiger partial charge in [-0.05, 0) is 53.3 Å². The number of para-hydroxylation sites is 1. The second-order valence-electron chi connectivity index (χ2n) is 8.45. The zero-order valence-electron chi connectivity index (χ0n) is 19.4. The van der Waals surface area contributed by atoms with Gasteiger partial charge in [-0.25, -0.2) is 4.79 Å². The fourth-order valence-corrected chi connectivity index (χ4v) is 3.70. The summed E-state index contributed by atoms with van der Waals surface area (Å²) in [4.78, 5) is 14.9. The van der Waals surface area contributed by atoms with E-state index in [0.717, 1.165) is 36.2 Å². The molecule has 168 valence electrons. The molecular weight excluding hydrogens is 394 g/mol. The van der Waals surface area contributed by atoms with Crippen molar-refractivity contribution in [3.05, 3.63) is 84.4 Å². The molecular formula is C28H35N3O. The lowest BCUT2D eigenvalue weighted by molar-refractivity contribution is 0.255. The maximum absolute atomic E-state index is 13.2. The smallest absolute Gasteiger partial charge is 0.326 e. The van der Waals surface area contributed by atoms with Crippen LogP contribution in [-0.2, 0) is 6.42 Å². The summed E-state index contributed by atoms with van der Waals surface area (Å²) in [6.07, 6.45) is 3.22. The van der Waals surface area contributed by atoms with E-state index in [4.69, 9.17) is 5.73 Å². The molecule has 0 bridgehead atoms. The van der Waals surface area contributed by atoms with Crippen molar-refractivity contribution >= 4 is 17.4 Å². The lowest BCUT2D eigenvalue weighted by Crippen LogP contribution is -2.46. The number of nitrogens with zero attached hydrogens (tertiary/aromatic N) is 1. The minimum absolute atomic E-state index is 0.104. The van der Waals surface area contributed by atoms with Crippen molar-refractivity contribution < 1.29 is 4.79 Å². The van der Waals surface area contributed by atoms with Crippen LogP contribution in [0.3, 0.4) is 0 Å². The van der Waals surface area contributed by atoms with Crippen LogP contribution in [0, 0.1) is 5.92 Å². The molecule has 3 aromatic carbocycles. The van der Waals surface area contributed by atoms with Crippen LogP contribution in [0.1, 0.15) is 39.2 Å². The maximum Gasteiger partial charge on any atom is 0.326 e. The first-order chi connectivity index (χ1) is 15.5. The van der Waals surface area contributed by atoms with Gasteiger partial charge in [0.25, 0.3) is 0 Å². The Bertz CT molecular complexity index is 968. The highest BCUT2D eigenvalue weighted by Gasteiger charge is 2.22. The summed E-state index contributed by atoms with van der Waals surface area (Å²) in [5.41, 5.74) is 11.7. The number of hydrogen-bond donors (Lipinski definition) is 2. The topological polar surface area (TPSA) is 58.4 Å². The Hall–Kier alpha value is -3.11. The predicted octanol–water partition coefficient (Wildman–Crippen LogP) is 6.72. The van der Waals surface area contributed by atoms with Gasteiger partial charge in [0.15, 0.2) is 0 Å². The van der Waals surface area contributed by atoms with Crippen LogP contribution >= 0.6 is 0 Å². The largest absolute Gasteiger partial charge is 0.326 e. The lowest BCUT2D eigenvalue weighted by atomic mass is 9.99. The summed E-state index contributed by atoms with van der Waals surface area (Å²) < 4.78 is 0. The molecule has 3 N–H and O–H groups in total. The van der Waals surface area contributed by atoms with E-state index in [2.05, 4.69) is 62.5 Å². The first-order valence-electron chi connectivity index (χ1n) is 11.6. The van der Waals surface area contributed by atoms with E-state index >= 15 is 0 Å². The highest BCUT2D eigenvalue weighted by Crippen LogP contribution is 2.25. The molecule has 0 aliphatic heterocycles. The molecule has 0 radical (unpaired) electrons. The Balaban J connectivity index is 1.82. The zero-order valence-corrected chi connectivity index (χ0v) is 19.4. The molecule has 0 unspecified atom stereocenters. The van der Waals surface area contributed by atoms with Crippen LogP contribution in [0.4, 0.5) is 16.2 Å². The number of nitrogens with one attached hydrogen (secondary N) is 1. The van der Waals surface area contributed by atoms with Gasteiger partial charge >= 0.3 is 6.03 Å². The third-order valence-corrected chi connectivity index (χ3v) is 6.04. The number of carbonyl (C=O) groups excluding carboxylic acids is 1. The van der Waals surface area contributed by atoms with E-state index in [9.17, 15) is 4.79 Å². The summed E-state index contributed by atoms with van der Waals surface area (Å²) in [6, 6.07) is 26.1. The number of rotatable bonds is 9. The van der Waals surface area contributed by atoms with Crippen LogP contribution in [0.15, 0.2) is 78.9 Å². The van der Waals surface area contributed by atoms with Gasteiger partial charge in [0.2, 0.25) is 0 Å². The molecule has 0 fully saturated rings. The molecule has 3 aromatic rings. The van der Waals surface area contributed by atoms with E-state index in [-0.39, 0.29) is 12.1 Å². The van der Waals surface area contributed by atoms with Crippen molar-refractivity contribution in [2.75, 3.05) is 16.8 Å². The van der Waals surface area contributed by atoms with Gasteiger partial charge in [-0.15, -0.1) is 0 Å². The standard InChI is InChI=1S/C28H35N3O/c1-4-9-22-12-14-23(15-13-22)24-16-18-26(19-17-24)31(20-27(29)21(3)5-2)28(32)30-25-10-7-6-8-11-25/h6-8,10-19,21,27H,4-5,9,20,29H2,1-3H3,(H,30,32)/t21-,27+/m0/s1. The highest BCUT2D eigenvalue weighted by atomic mass is 16.2. The van der Waals surface area contributed by atoms with Crippen molar-refractivity contribution in [1.82, 2.24) is 0 Å². The van der Waals surface area contributed by atoms with E-state index in [1.54, 1.807) is 4.90 Å². The van der Waals surface area contributed by atoms with Gasteiger partial charge in [0.05, 0.1) is 0 Å². The quantitative estimate of drug-likeness (QED) is 0.397. The van der Waals surface area contributed by atoms with Crippen LogP contribution < -0.4 is 16.0 Å². The Kier molecular flexibility index (Phi) is 8.46. The number of urea groups is 1. The minimum Gasteiger partial charge on any atom is -0.326 e. The number of carbonyl (C=O) groups is 1. The zero-order chi connectivity index (χ0) is 22.9. The monoisotopic (exact) mass is 429 g/mol. The summed E-state index contributed by atoms with van der Waals surface area (Å²) in [7, 11) is 0. The maximum atomic E-state index is 13.2. The molecule has 0 saturated carbocycles. The molecule has 0 heterocycles. The second-order valence-corrected chi connectivity index (χ2v) is 8.45. The molecule has 2 atom stereocenters. The fourth-order valence-electron chi connectivity index (χ4n) is 3.70. The molecule has 3 rings (SSSR count). The van der Waals surface area contributed by atoms with Crippen LogP contribution in [0.25, 0.3) is 11.1 Å². The number of benzene rings is 3. The Morgan fingerprint density at radius 2 is 1.50 bits per heavy atom. The second kappa shape index (κ2) is 11.5. The van der Waals surface area contributed by atoms with Crippen molar-refractivity contribution in [3.63, 3.8) is 0 Å². The third kappa shape index (κ3) is 6.21. The predicted molar refractivity (Wildman–Crippen MR) is 136 cm³/mol. The first kappa shape index (κ1) is 23.6. The van der Waals surface area contributed by atoms with Gasteiger partial charge in [-0.1, -0.05) is 88.2 Å². The van der Waals surface area contributed by atoms with Crippen molar-refractivity contribution in [3.8, 4) is 11.1 Å². The molecule has 4 heteroatoms. The molecule has 0 aromatic heterocycles. The number of aryl methyl sites for hydroxylation is 1. The average Bonchev–Trinajstić information content (AvgIpc) is 2.83. The number of amides is 2. The van der Waals surface area contributed by atoms with Crippen LogP contribution in [0.2, 0.25) is 0 Å². The third-order valence-electron chi connectivity index (χ3n) is 6.04. The first-order valence-corrected chi connectivity index (χ1v) is 11.6.